The second-order valence-corrected chi connectivity index (χ2v) is 5.73. The lowest BCUT2D eigenvalue weighted by Crippen LogP contribution is -2.41. The second kappa shape index (κ2) is 7.55. The van der Waals surface area contributed by atoms with Crippen LogP contribution in [0, 0.1) is 11.8 Å². The molecule has 0 spiro atoms. The molecule has 2 heterocycles. The van der Waals surface area contributed by atoms with Crippen LogP contribution in [-0.2, 0) is 9.47 Å². The molecule has 2 fully saturated rings. The number of methoxy groups -OCH3 is 1. The number of nitrogens with one attached hydrogen (secondary N) is 1. The molecule has 2 aliphatic heterocycles. The summed E-state index contributed by atoms with van der Waals surface area (Å²) >= 11 is 0. The minimum atomic E-state index is -0.391. The maximum atomic E-state index is 10.1. The highest BCUT2D eigenvalue weighted by Crippen LogP contribution is 2.34. The van der Waals surface area contributed by atoms with E-state index in [-0.39, 0.29) is 0 Å². The van der Waals surface area contributed by atoms with E-state index in [0.717, 1.165) is 38.0 Å². The summed E-state index contributed by atoms with van der Waals surface area (Å²) in [6.07, 6.45) is 0.776. The van der Waals surface area contributed by atoms with Crippen LogP contribution in [-0.4, -0.2) is 75.3 Å². The number of fused-ring (bicyclic) bond motifs is 1. The van der Waals surface area contributed by atoms with Gasteiger partial charge in [-0.2, -0.15) is 0 Å². The molecule has 2 rings (SSSR count). The molecule has 2 saturated heterocycles. The molecule has 0 bridgehead atoms. The molecule has 4 unspecified atom stereocenters. The first kappa shape index (κ1) is 15.2. The Labute approximate surface area is 116 Å². The molecule has 112 valence electrons. The van der Waals surface area contributed by atoms with Crippen LogP contribution in [0.5, 0.6) is 0 Å². The van der Waals surface area contributed by atoms with E-state index in [9.17, 15) is 5.11 Å². The summed E-state index contributed by atoms with van der Waals surface area (Å²) in [5.74, 6) is 1.54. The monoisotopic (exact) mass is 272 g/mol. The minimum Gasteiger partial charge on any atom is -0.389 e. The fourth-order valence-electron chi connectivity index (χ4n) is 3.57. The van der Waals surface area contributed by atoms with Gasteiger partial charge in [0.15, 0.2) is 0 Å². The normalized spacial score (nSPS) is 32.7. The van der Waals surface area contributed by atoms with Gasteiger partial charge in [-0.05, 0) is 31.3 Å². The average molecular weight is 272 g/mol. The van der Waals surface area contributed by atoms with E-state index in [0.29, 0.717) is 25.9 Å². The summed E-state index contributed by atoms with van der Waals surface area (Å²) < 4.78 is 10.3. The maximum absolute atomic E-state index is 10.1. The van der Waals surface area contributed by atoms with E-state index in [1.165, 1.54) is 6.42 Å². The van der Waals surface area contributed by atoms with Crippen molar-refractivity contribution >= 4 is 0 Å². The fraction of sp³-hybridized carbons (Fsp3) is 1.00. The van der Waals surface area contributed by atoms with Gasteiger partial charge >= 0.3 is 0 Å². The molecule has 0 saturated carbocycles. The summed E-state index contributed by atoms with van der Waals surface area (Å²) in [7, 11) is 1.66. The number of likely N-dealkylation sites (tertiary alicyclic amines) is 1. The summed E-state index contributed by atoms with van der Waals surface area (Å²) in [5.41, 5.74) is 0. The highest BCUT2D eigenvalue weighted by atomic mass is 16.5. The molecular formula is C14H28N2O3. The third kappa shape index (κ3) is 3.89. The van der Waals surface area contributed by atoms with Gasteiger partial charge in [-0.3, -0.25) is 4.90 Å². The number of aliphatic hydroxyl groups is 1. The van der Waals surface area contributed by atoms with Gasteiger partial charge in [-0.15, -0.1) is 0 Å². The fourth-order valence-corrected chi connectivity index (χ4v) is 3.57. The van der Waals surface area contributed by atoms with Gasteiger partial charge in [-0.25, -0.2) is 0 Å². The molecule has 0 aromatic rings. The van der Waals surface area contributed by atoms with Crippen LogP contribution in [0.3, 0.4) is 0 Å². The highest BCUT2D eigenvalue weighted by molar-refractivity contribution is 4.98. The van der Waals surface area contributed by atoms with Crippen molar-refractivity contribution in [3.05, 3.63) is 0 Å². The zero-order chi connectivity index (χ0) is 13.7. The van der Waals surface area contributed by atoms with Gasteiger partial charge in [0.25, 0.3) is 0 Å². The maximum Gasteiger partial charge on any atom is 0.0900 e. The van der Waals surface area contributed by atoms with Crippen LogP contribution in [0.2, 0.25) is 0 Å². The molecule has 0 radical (unpaired) electrons. The lowest BCUT2D eigenvalue weighted by atomic mass is 9.93. The highest BCUT2D eigenvalue weighted by Gasteiger charge is 2.43. The van der Waals surface area contributed by atoms with Crippen LogP contribution in [0.4, 0.5) is 0 Å². The zero-order valence-corrected chi connectivity index (χ0v) is 12.2. The Kier molecular flexibility index (Phi) is 6.04. The SMILES string of the molecule is CCC1C2CNCC2CN1CC(O)COCCOC. The molecule has 0 aromatic heterocycles. The number of β-amino-alcohol motifs (C(OH)–C–C–N with tert-alkyl or cyclic N) is 1. The molecular weight excluding hydrogens is 244 g/mol. The first-order valence-electron chi connectivity index (χ1n) is 7.45. The largest absolute Gasteiger partial charge is 0.389 e. The molecule has 5 heteroatoms. The van der Waals surface area contributed by atoms with Crippen LogP contribution in [0.1, 0.15) is 13.3 Å². The number of aliphatic hydroxyl groups excluding tert-OH is 1. The Balaban J connectivity index is 1.72. The Morgan fingerprint density at radius 3 is 2.95 bits per heavy atom. The van der Waals surface area contributed by atoms with E-state index in [1.807, 2.05) is 0 Å². The van der Waals surface area contributed by atoms with E-state index < -0.39 is 6.10 Å². The number of hydrogen-bond acceptors (Lipinski definition) is 5. The van der Waals surface area contributed by atoms with Crippen LogP contribution < -0.4 is 5.32 Å². The van der Waals surface area contributed by atoms with Crippen LogP contribution in [0.15, 0.2) is 0 Å². The molecule has 2 aliphatic rings. The Morgan fingerprint density at radius 1 is 1.37 bits per heavy atom. The quantitative estimate of drug-likeness (QED) is 0.606. The van der Waals surface area contributed by atoms with Gasteiger partial charge in [0.05, 0.1) is 25.9 Å². The smallest absolute Gasteiger partial charge is 0.0900 e. The van der Waals surface area contributed by atoms with Gasteiger partial charge in [-0.1, -0.05) is 6.92 Å². The molecule has 0 amide bonds. The molecule has 4 atom stereocenters. The Morgan fingerprint density at radius 2 is 2.21 bits per heavy atom. The van der Waals surface area contributed by atoms with Crippen molar-refractivity contribution in [2.45, 2.75) is 25.5 Å². The third-order valence-electron chi connectivity index (χ3n) is 4.43. The number of nitrogens with zero attached hydrogens (tertiary/aromatic N) is 1. The molecule has 0 aromatic carbocycles. The van der Waals surface area contributed by atoms with Crippen molar-refractivity contribution in [3.63, 3.8) is 0 Å². The van der Waals surface area contributed by atoms with E-state index in [2.05, 4.69) is 17.1 Å². The topological polar surface area (TPSA) is 54.0 Å². The first-order chi connectivity index (χ1) is 9.26. The van der Waals surface area contributed by atoms with Gasteiger partial charge < -0.3 is 19.9 Å². The summed E-state index contributed by atoms with van der Waals surface area (Å²) in [5, 5.41) is 13.5. The standard InChI is InChI=1S/C14H28N2O3/c1-3-14-13-7-15-6-11(13)8-16(14)9-12(17)10-19-5-4-18-2/h11-15,17H,3-10H2,1-2H3. The summed E-state index contributed by atoms with van der Waals surface area (Å²) in [6.45, 7) is 7.93. The second-order valence-electron chi connectivity index (χ2n) is 5.73. The van der Waals surface area contributed by atoms with Crippen molar-refractivity contribution in [3.8, 4) is 0 Å². The molecule has 2 N–H and O–H groups in total. The van der Waals surface area contributed by atoms with E-state index in [4.69, 9.17) is 9.47 Å². The zero-order valence-electron chi connectivity index (χ0n) is 12.2. The van der Waals surface area contributed by atoms with E-state index >= 15 is 0 Å². The lowest BCUT2D eigenvalue weighted by Gasteiger charge is -2.28. The number of hydrogen-bond donors (Lipinski definition) is 2. The van der Waals surface area contributed by atoms with E-state index in [1.54, 1.807) is 7.11 Å². The van der Waals surface area contributed by atoms with Crippen molar-refractivity contribution in [2.75, 3.05) is 53.1 Å². The van der Waals surface area contributed by atoms with Crippen LogP contribution in [0.25, 0.3) is 0 Å². The van der Waals surface area contributed by atoms with Gasteiger partial charge in [0.2, 0.25) is 0 Å². The third-order valence-corrected chi connectivity index (χ3v) is 4.43. The number of ether oxygens (including phenoxy) is 2. The molecule has 0 aliphatic carbocycles. The van der Waals surface area contributed by atoms with Crippen molar-refractivity contribution in [1.82, 2.24) is 10.2 Å². The average Bonchev–Trinajstić information content (AvgIpc) is 2.94. The minimum absolute atomic E-state index is 0.391. The molecule has 19 heavy (non-hydrogen) atoms. The summed E-state index contributed by atoms with van der Waals surface area (Å²) in [6, 6.07) is 0.619. The molecule has 5 nitrogen and oxygen atoms in total. The van der Waals surface area contributed by atoms with Crippen molar-refractivity contribution in [1.29, 1.82) is 0 Å². The first-order valence-corrected chi connectivity index (χ1v) is 7.45. The Bertz CT molecular complexity index is 265. The lowest BCUT2D eigenvalue weighted by molar-refractivity contribution is -0.00370. The summed E-state index contributed by atoms with van der Waals surface area (Å²) in [4.78, 5) is 2.46. The van der Waals surface area contributed by atoms with Crippen molar-refractivity contribution in [2.24, 2.45) is 11.8 Å². The predicted octanol–water partition coefficient (Wildman–Crippen LogP) is -0.0599. The predicted molar refractivity (Wildman–Crippen MR) is 74.2 cm³/mol. The van der Waals surface area contributed by atoms with Gasteiger partial charge in [0, 0.05) is 26.2 Å². The van der Waals surface area contributed by atoms with Crippen LogP contribution >= 0.6 is 0 Å². The van der Waals surface area contributed by atoms with Gasteiger partial charge in [0.1, 0.15) is 0 Å². The van der Waals surface area contributed by atoms with Crippen molar-refractivity contribution < 1.29 is 14.6 Å². The Hall–Kier alpha value is -0.200. The number of rotatable bonds is 8.